The van der Waals surface area contributed by atoms with Gasteiger partial charge >= 0.3 is 5.97 Å². The molecule has 0 saturated carbocycles. The number of hydrogen-bond donors (Lipinski definition) is 1. The van der Waals surface area contributed by atoms with Crippen LogP contribution in [0.5, 0.6) is 5.75 Å². The molecule has 3 rings (SSSR count). The Morgan fingerprint density at radius 3 is 2.59 bits per heavy atom. The van der Waals surface area contributed by atoms with Crippen LogP contribution in [0.2, 0.25) is 0 Å². The van der Waals surface area contributed by atoms with Gasteiger partial charge in [0.15, 0.2) is 11.0 Å². The first-order valence-electron chi connectivity index (χ1n) is 11.2. The minimum Gasteiger partial charge on any atom is -0.486 e. The highest BCUT2D eigenvalue weighted by Crippen LogP contribution is 2.30. The predicted octanol–water partition coefficient (Wildman–Crippen LogP) is 5.03. The average molecular weight is 503 g/mol. The number of benzene rings is 1. The Hall–Kier alpha value is -2.85. The summed E-state index contributed by atoms with van der Waals surface area (Å²) in [5.41, 5.74) is 2.77. The first-order valence-corrected chi connectivity index (χ1v) is 13.0. The maximum atomic E-state index is 12.6. The summed E-state index contributed by atoms with van der Waals surface area (Å²) in [5.74, 6) is 0.956. The van der Waals surface area contributed by atoms with Crippen molar-refractivity contribution in [3.05, 3.63) is 51.7 Å². The summed E-state index contributed by atoms with van der Waals surface area (Å²) in [6.07, 6.45) is 0.772. The summed E-state index contributed by atoms with van der Waals surface area (Å²) in [6.45, 7) is 11.1. The summed E-state index contributed by atoms with van der Waals surface area (Å²) in [5, 5.41) is 12.5. The van der Waals surface area contributed by atoms with Gasteiger partial charge in [-0.3, -0.25) is 4.79 Å². The molecule has 2 aromatic heterocycles. The summed E-state index contributed by atoms with van der Waals surface area (Å²) in [6, 6.07) is 7.75. The zero-order chi connectivity index (χ0) is 24.7. The number of hydrogen-bond acceptors (Lipinski definition) is 8. The van der Waals surface area contributed by atoms with Gasteiger partial charge in [-0.1, -0.05) is 24.8 Å². The van der Waals surface area contributed by atoms with Crippen LogP contribution >= 0.6 is 23.1 Å². The van der Waals surface area contributed by atoms with Gasteiger partial charge in [0.25, 0.3) is 0 Å². The van der Waals surface area contributed by atoms with Gasteiger partial charge in [-0.25, -0.2) is 4.79 Å². The normalized spacial score (nSPS) is 10.9. The topological polar surface area (TPSA) is 95.3 Å². The molecule has 0 spiro atoms. The lowest BCUT2D eigenvalue weighted by Gasteiger charge is -2.10. The van der Waals surface area contributed by atoms with Gasteiger partial charge in [-0.05, 0) is 63.4 Å². The molecule has 34 heavy (non-hydrogen) atoms. The van der Waals surface area contributed by atoms with E-state index in [1.54, 1.807) is 13.0 Å². The molecule has 8 nitrogen and oxygen atoms in total. The van der Waals surface area contributed by atoms with E-state index in [1.165, 1.54) is 34.2 Å². The van der Waals surface area contributed by atoms with Gasteiger partial charge in [0.1, 0.15) is 17.4 Å². The Morgan fingerprint density at radius 1 is 1.12 bits per heavy atom. The number of rotatable bonds is 11. The molecule has 1 N–H and O–H groups in total. The quantitative estimate of drug-likeness (QED) is 0.290. The van der Waals surface area contributed by atoms with Crippen LogP contribution in [0.25, 0.3) is 0 Å². The second-order valence-electron chi connectivity index (χ2n) is 7.54. The summed E-state index contributed by atoms with van der Waals surface area (Å²) in [7, 11) is 0. The number of thioether (sulfide) groups is 1. The Bertz CT molecular complexity index is 1160. The van der Waals surface area contributed by atoms with Crippen molar-refractivity contribution in [3.8, 4) is 5.75 Å². The third-order valence-corrected chi connectivity index (χ3v) is 7.33. The van der Waals surface area contributed by atoms with Crippen molar-refractivity contribution in [2.45, 2.75) is 59.3 Å². The zero-order valence-corrected chi connectivity index (χ0v) is 21.8. The monoisotopic (exact) mass is 502 g/mol. The number of thiophene rings is 1. The third kappa shape index (κ3) is 6.38. The molecule has 10 heteroatoms. The SMILES string of the molecule is CCOC(=O)c1cc(CC)sc1NC(=O)CSc1nnc(COc2ccc(C)c(C)c2)n1CC. The van der Waals surface area contributed by atoms with E-state index in [-0.39, 0.29) is 24.9 Å². The number of carbonyl (C=O) groups excluding carboxylic acids is 2. The van der Waals surface area contributed by atoms with Gasteiger partial charge < -0.3 is 19.4 Å². The van der Waals surface area contributed by atoms with Crippen LogP contribution in [0.15, 0.2) is 29.4 Å². The molecule has 0 aliphatic rings. The highest BCUT2D eigenvalue weighted by Gasteiger charge is 2.20. The van der Waals surface area contributed by atoms with Crippen LogP contribution in [0.1, 0.15) is 53.0 Å². The van der Waals surface area contributed by atoms with Gasteiger partial charge in [0.05, 0.1) is 17.9 Å². The van der Waals surface area contributed by atoms with Crippen LogP contribution in [-0.2, 0) is 29.1 Å². The van der Waals surface area contributed by atoms with Crippen molar-refractivity contribution in [3.63, 3.8) is 0 Å². The van der Waals surface area contributed by atoms with Crippen molar-refractivity contribution in [2.24, 2.45) is 0 Å². The Morgan fingerprint density at radius 2 is 1.91 bits per heavy atom. The van der Waals surface area contributed by atoms with E-state index in [0.29, 0.717) is 28.1 Å². The number of anilines is 1. The number of ether oxygens (including phenoxy) is 2. The molecule has 0 saturated heterocycles. The standard InChI is InChI=1S/C24H30N4O4S2/c1-6-18-12-19(23(30)31-8-3)22(34-18)25-21(29)14-33-24-27-26-20(28(24)7-2)13-32-17-10-9-15(4)16(5)11-17/h9-12H,6-8,13-14H2,1-5H3,(H,25,29). The van der Waals surface area contributed by atoms with Crippen molar-refractivity contribution in [1.29, 1.82) is 0 Å². The fourth-order valence-electron chi connectivity index (χ4n) is 3.16. The van der Waals surface area contributed by atoms with E-state index in [0.717, 1.165) is 17.0 Å². The smallest absolute Gasteiger partial charge is 0.341 e. The van der Waals surface area contributed by atoms with E-state index in [1.807, 2.05) is 43.5 Å². The largest absolute Gasteiger partial charge is 0.486 e. The molecule has 0 radical (unpaired) electrons. The first kappa shape index (κ1) is 25.8. The van der Waals surface area contributed by atoms with Gasteiger partial charge in [-0.15, -0.1) is 21.5 Å². The number of amides is 1. The number of nitrogens with zero attached hydrogens (tertiary/aromatic N) is 3. The molecular formula is C24H30N4O4S2. The van der Waals surface area contributed by atoms with Gasteiger partial charge in [-0.2, -0.15) is 0 Å². The predicted molar refractivity (Wildman–Crippen MR) is 135 cm³/mol. The third-order valence-electron chi connectivity index (χ3n) is 5.17. The van der Waals surface area contributed by atoms with Crippen molar-refractivity contribution in [1.82, 2.24) is 14.8 Å². The minimum absolute atomic E-state index is 0.137. The van der Waals surface area contributed by atoms with Gasteiger partial charge in [0, 0.05) is 11.4 Å². The molecule has 0 atom stereocenters. The summed E-state index contributed by atoms with van der Waals surface area (Å²) < 4.78 is 13.0. The molecule has 0 fully saturated rings. The van der Waals surface area contributed by atoms with Crippen LogP contribution in [-0.4, -0.2) is 39.0 Å². The second-order valence-corrected chi connectivity index (χ2v) is 9.62. The fourth-order valence-corrected chi connectivity index (χ4v) is 4.99. The summed E-state index contributed by atoms with van der Waals surface area (Å²) in [4.78, 5) is 25.9. The highest BCUT2D eigenvalue weighted by molar-refractivity contribution is 7.99. The lowest BCUT2D eigenvalue weighted by Crippen LogP contribution is -2.16. The maximum absolute atomic E-state index is 12.6. The Balaban J connectivity index is 1.62. The highest BCUT2D eigenvalue weighted by atomic mass is 32.2. The van der Waals surface area contributed by atoms with E-state index in [4.69, 9.17) is 9.47 Å². The van der Waals surface area contributed by atoms with Crippen molar-refractivity contribution >= 4 is 40.0 Å². The number of nitrogens with one attached hydrogen (secondary N) is 1. The van der Waals surface area contributed by atoms with Crippen molar-refractivity contribution < 1.29 is 19.1 Å². The van der Waals surface area contributed by atoms with Crippen LogP contribution in [0.4, 0.5) is 5.00 Å². The molecule has 2 heterocycles. The van der Waals surface area contributed by atoms with Crippen molar-refractivity contribution in [2.75, 3.05) is 17.7 Å². The molecule has 0 unspecified atom stereocenters. The summed E-state index contributed by atoms with van der Waals surface area (Å²) >= 11 is 2.68. The van der Waals surface area contributed by atoms with Crippen LogP contribution in [0, 0.1) is 13.8 Å². The molecule has 0 bridgehead atoms. The molecule has 1 aromatic carbocycles. The lowest BCUT2D eigenvalue weighted by atomic mass is 10.1. The second kappa shape index (κ2) is 12.0. The molecule has 0 aliphatic carbocycles. The molecule has 0 aliphatic heterocycles. The lowest BCUT2D eigenvalue weighted by molar-refractivity contribution is -0.113. The Labute approximate surface area is 208 Å². The Kier molecular flexibility index (Phi) is 9.12. The molecule has 1 amide bonds. The zero-order valence-electron chi connectivity index (χ0n) is 20.1. The van der Waals surface area contributed by atoms with E-state index in [9.17, 15) is 9.59 Å². The molecular weight excluding hydrogens is 472 g/mol. The number of aryl methyl sites for hydroxylation is 3. The molecule has 182 valence electrons. The van der Waals surface area contributed by atoms with Crippen LogP contribution < -0.4 is 10.1 Å². The number of esters is 1. The van der Waals surface area contributed by atoms with E-state index in [2.05, 4.69) is 22.4 Å². The van der Waals surface area contributed by atoms with E-state index >= 15 is 0 Å². The number of aromatic nitrogens is 3. The average Bonchev–Trinajstić information content (AvgIpc) is 3.41. The first-order chi connectivity index (χ1) is 16.4. The minimum atomic E-state index is -0.430. The maximum Gasteiger partial charge on any atom is 0.341 e. The van der Waals surface area contributed by atoms with Crippen LogP contribution in [0.3, 0.4) is 0 Å². The fraction of sp³-hybridized carbons (Fsp3) is 0.417. The number of carbonyl (C=O) groups is 2. The molecule has 3 aromatic rings. The van der Waals surface area contributed by atoms with Gasteiger partial charge in [0.2, 0.25) is 5.91 Å². The van der Waals surface area contributed by atoms with E-state index < -0.39 is 5.97 Å².